The smallest absolute Gasteiger partial charge is 0.220 e. The fourth-order valence-electron chi connectivity index (χ4n) is 6.47. The number of ether oxygens (including phenoxy) is 3. The molecule has 0 spiro atoms. The van der Waals surface area contributed by atoms with Crippen molar-refractivity contribution in [1.82, 2.24) is 10.6 Å². The van der Waals surface area contributed by atoms with Gasteiger partial charge in [-0.25, -0.2) is 0 Å². The molecule has 2 heterocycles. The molecule has 2 aliphatic heterocycles. The molecular weight excluding hydrogens is 717 g/mol. The van der Waals surface area contributed by atoms with Crippen LogP contribution < -0.4 is 10.6 Å². The van der Waals surface area contributed by atoms with Crippen molar-refractivity contribution in [2.75, 3.05) is 25.0 Å². The van der Waals surface area contributed by atoms with Crippen molar-refractivity contribution in [1.29, 1.82) is 0 Å². The first-order chi connectivity index (χ1) is 26.2. The van der Waals surface area contributed by atoms with E-state index in [-0.39, 0.29) is 11.8 Å². The van der Waals surface area contributed by atoms with Gasteiger partial charge < -0.3 is 55.3 Å². The third-order valence-corrected chi connectivity index (χ3v) is 10.6. The Morgan fingerprint density at radius 3 is 1.72 bits per heavy atom. The molecule has 13 nitrogen and oxygen atoms in total. The number of hydrogen-bond donors (Lipinski definition) is 9. The molecule has 0 bridgehead atoms. The van der Waals surface area contributed by atoms with Crippen LogP contribution in [0.5, 0.6) is 0 Å². The molecule has 54 heavy (non-hydrogen) atoms. The van der Waals surface area contributed by atoms with Crippen LogP contribution in [0.3, 0.4) is 0 Å². The Balaban J connectivity index is 1.44. The molecule has 1 amide bonds. The minimum absolute atomic E-state index is 0.0414. The van der Waals surface area contributed by atoms with Gasteiger partial charge in [0.25, 0.3) is 0 Å². The van der Waals surface area contributed by atoms with Crippen molar-refractivity contribution in [3.63, 3.8) is 0 Å². The molecule has 0 aromatic carbocycles. The van der Waals surface area contributed by atoms with Gasteiger partial charge in [0.15, 0.2) is 6.29 Å². The van der Waals surface area contributed by atoms with Crippen LogP contribution in [-0.4, -0.2) is 128 Å². The van der Waals surface area contributed by atoms with E-state index in [1.165, 1.54) is 82.4 Å². The summed E-state index contributed by atoms with van der Waals surface area (Å²) in [5.74, 6) is 12.9. The molecule has 0 aliphatic carbocycles. The van der Waals surface area contributed by atoms with Gasteiger partial charge >= 0.3 is 0 Å². The number of carbonyl (C=O) groups excluding carboxylic acids is 1. The van der Waals surface area contributed by atoms with Crippen LogP contribution in [0.4, 0.5) is 0 Å². The van der Waals surface area contributed by atoms with E-state index in [0.717, 1.165) is 51.4 Å². The number of amides is 1. The largest absolute Gasteiger partial charge is 0.394 e. The van der Waals surface area contributed by atoms with Crippen molar-refractivity contribution in [3.05, 3.63) is 0 Å². The maximum atomic E-state index is 12.2. The summed E-state index contributed by atoms with van der Waals surface area (Å²) in [6.07, 6.45) is 8.74. The number of unbranched alkanes of at least 4 members (excludes halogenated alkanes) is 17. The van der Waals surface area contributed by atoms with E-state index in [4.69, 9.17) is 14.2 Å². The number of rotatable bonds is 28. The van der Waals surface area contributed by atoms with E-state index >= 15 is 0 Å². The van der Waals surface area contributed by atoms with Crippen molar-refractivity contribution in [2.45, 2.75) is 197 Å². The van der Waals surface area contributed by atoms with Crippen LogP contribution in [0, 0.1) is 23.7 Å². The molecule has 0 aromatic rings. The van der Waals surface area contributed by atoms with Crippen molar-refractivity contribution >= 4 is 17.7 Å². The summed E-state index contributed by atoms with van der Waals surface area (Å²) >= 11 is 1.33. The fourth-order valence-corrected chi connectivity index (χ4v) is 7.11. The number of nitrogens with one attached hydrogen (secondary N) is 2. The van der Waals surface area contributed by atoms with Gasteiger partial charge in [-0.3, -0.25) is 10.1 Å². The first-order valence-electron chi connectivity index (χ1n) is 20.4. The number of hydrogen-bond acceptors (Lipinski definition) is 13. The summed E-state index contributed by atoms with van der Waals surface area (Å²) in [4.78, 5) is 12.2. The average molecular weight is 787 g/mol. The Morgan fingerprint density at radius 2 is 1.17 bits per heavy atom. The van der Waals surface area contributed by atoms with E-state index in [1.807, 2.05) is 0 Å². The van der Waals surface area contributed by atoms with Gasteiger partial charge in [-0.15, -0.1) is 11.8 Å². The SMILES string of the molecule is CCCCCCCCCCCCCC#CC#CCCCCCCCCC(=O)NCSCN[C@@H]1O[C@H](CO)[C@@H](O[C@H]2O[C@@H](CO)[C@H](O)[C@H](O)[C@H]2O)[C@H](O)[C@H]1O. The predicted molar refractivity (Wildman–Crippen MR) is 209 cm³/mol. The molecule has 10 atom stereocenters. The molecule has 2 saturated heterocycles. The highest BCUT2D eigenvalue weighted by Gasteiger charge is 2.50. The first-order valence-corrected chi connectivity index (χ1v) is 21.5. The zero-order valence-electron chi connectivity index (χ0n) is 32.4. The van der Waals surface area contributed by atoms with Gasteiger partial charge in [0.05, 0.1) is 19.1 Å². The fraction of sp³-hybridized carbons (Fsp3) is 0.875. The molecular formula is C40H70N2O11S. The van der Waals surface area contributed by atoms with Gasteiger partial charge in [0.1, 0.15) is 55.1 Å². The highest BCUT2D eigenvalue weighted by molar-refractivity contribution is 7.99. The van der Waals surface area contributed by atoms with E-state index < -0.39 is 74.6 Å². The lowest BCUT2D eigenvalue weighted by Gasteiger charge is -2.46. The molecule has 14 heteroatoms. The number of thioether (sulfide) groups is 1. The van der Waals surface area contributed by atoms with E-state index in [1.54, 1.807) is 0 Å². The van der Waals surface area contributed by atoms with Gasteiger partial charge in [-0.2, -0.15) is 0 Å². The maximum Gasteiger partial charge on any atom is 0.220 e. The van der Waals surface area contributed by atoms with Crippen LogP contribution in [-0.2, 0) is 19.0 Å². The minimum atomic E-state index is -1.73. The maximum absolute atomic E-state index is 12.2. The topological polar surface area (TPSA) is 210 Å². The summed E-state index contributed by atoms with van der Waals surface area (Å²) in [6, 6.07) is 0. The molecule has 0 unspecified atom stereocenters. The Morgan fingerprint density at radius 1 is 0.630 bits per heavy atom. The normalized spacial score (nSPS) is 28.1. The molecule has 2 rings (SSSR count). The average Bonchev–Trinajstić information content (AvgIpc) is 3.17. The van der Waals surface area contributed by atoms with Crippen LogP contribution in [0.1, 0.15) is 135 Å². The zero-order chi connectivity index (χ0) is 39.4. The highest BCUT2D eigenvalue weighted by Crippen LogP contribution is 2.29. The van der Waals surface area contributed by atoms with E-state index in [2.05, 4.69) is 41.2 Å². The minimum Gasteiger partial charge on any atom is -0.394 e. The van der Waals surface area contributed by atoms with Crippen molar-refractivity contribution in [3.8, 4) is 23.7 Å². The quantitative estimate of drug-likeness (QED) is 0.0318. The monoisotopic (exact) mass is 786 g/mol. The molecule has 0 saturated carbocycles. The van der Waals surface area contributed by atoms with E-state index in [0.29, 0.717) is 12.3 Å². The van der Waals surface area contributed by atoms with Crippen LogP contribution in [0.2, 0.25) is 0 Å². The second-order valence-corrected chi connectivity index (χ2v) is 15.3. The summed E-state index contributed by atoms with van der Waals surface area (Å²) in [5, 5.41) is 76.6. The second kappa shape index (κ2) is 30.6. The Kier molecular flexibility index (Phi) is 27.6. The van der Waals surface area contributed by atoms with Gasteiger partial charge in [0, 0.05) is 25.1 Å². The number of aliphatic hydroxyl groups excluding tert-OH is 7. The summed E-state index contributed by atoms with van der Waals surface area (Å²) in [6.45, 7) is 0.980. The van der Waals surface area contributed by atoms with Crippen molar-refractivity contribution < 1.29 is 54.8 Å². The summed E-state index contributed by atoms with van der Waals surface area (Å²) in [7, 11) is 0. The van der Waals surface area contributed by atoms with Crippen molar-refractivity contribution in [2.24, 2.45) is 0 Å². The lowest BCUT2D eigenvalue weighted by Crippen LogP contribution is -2.66. The highest BCUT2D eigenvalue weighted by atomic mass is 32.2. The van der Waals surface area contributed by atoms with Crippen LogP contribution in [0.15, 0.2) is 0 Å². The zero-order valence-corrected chi connectivity index (χ0v) is 33.2. The van der Waals surface area contributed by atoms with Crippen LogP contribution in [0.25, 0.3) is 0 Å². The first kappa shape index (κ1) is 48.6. The summed E-state index contributed by atoms with van der Waals surface area (Å²) in [5.41, 5.74) is 0. The third kappa shape index (κ3) is 19.6. The standard InChI is InChI=1S/C40H70N2O11S/c1-2-3-4-5-6-7-8-9-10-11-12-13-14-15-16-17-18-19-20-21-22-23-24-25-32(45)41-28-54-29-42-39-36(49)35(48)38(31(27-44)51-39)53-40-37(50)34(47)33(46)30(26-43)52-40/h30-31,33-40,42-44,46-50H,2-13,18-29H2,1H3,(H,41,45)/t30-,31+,33-,34-,35+,36+,37+,38+,39+,40+/m0/s1. The lowest BCUT2D eigenvalue weighted by atomic mass is 9.96. The van der Waals surface area contributed by atoms with Gasteiger partial charge in [0.2, 0.25) is 5.91 Å². The molecule has 312 valence electrons. The molecule has 2 aliphatic rings. The summed E-state index contributed by atoms with van der Waals surface area (Å²) < 4.78 is 16.6. The molecule has 0 aromatic heterocycles. The molecule has 9 N–H and O–H groups in total. The predicted octanol–water partition coefficient (Wildman–Crippen LogP) is 2.79. The Hall–Kier alpha value is -1.50. The van der Waals surface area contributed by atoms with Crippen LogP contribution >= 0.6 is 11.8 Å². The number of carbonyl (C=O) groups is 1. The Labute approximate surface area is 327 Å². The lowest BCUT2D eigenvalue weighted by molar-refractivity contribution is -0.343. The molecule has 2 fully saturated rings. The van der Waals surface area contributed by atoms with Gasteiger partial charge in [-0.1, -0.05) is 109 Å². The van der Waals surface area contributed by atoms with Gasteiger partial charge in [-0.05, 0) is 31.1 Å². The molecule has 0 radical (unpaired) electrons. The third-order valence-electron chi connectivity index (χ3n) is 9.86. The Bertz CT molecular complexity index is 1100. The van der Waals surface area contributed by atoms with E-state index in [9.17, 15) is 40.5 Å². The second-order valence-electron chi connectivity index (χ2n) is 14.4. The number of aliphatic hydroxyl groups is 7.